The van der Waals surface area contributed by atoms with E-state index in [0.29, 0.717) is 18.4 Å². The summed E-state index contributed by atoms with van der Waals surface area (Å²) in [6.07, 6.45) is 1.99. The van der Waals surface area contributed by atoms with Crippen LogP contribution in [-0.2, 0) is 24.4 Å². The first-order chi connectivity index (χ1) is 14.6. The minimum absolute atomic E-state index is 0.264. The molecule has 0 aromatic heterocycles. The molecular weight excluding hydrogens is 440 g/mol. The van der Waals surface area contributed by atoms with Crippen LogP contribution < -0.4 is 4.72 Å². The van der Waals surface area contributed by atoms with Crippen molar-refractivity contribution in [2.45, 2.75) is 38.0 Å². The van der Waals surface area contributed by atoms with E-state index in [1.54, 1.807) is 37.3 Å². The number of thioether (sulfide) groups is 1. The molecule has 168 valence electrons. The van der Waals surface area contributed by atoms with Crippen molar-refractivity contribution in [2.24, 2.45) is 5.92 Å². The molecule has 0 radical (unpaired) electrons. The predicted octanol–water partition coefficient (Wildman–Crippen LogP) is 1.78. The first kappa shape index (κ1) is 24.8. The Bertz CT molecular complexity index is 961. The first-order valence-corrected chi connectivity index (χ1v) is 12.3. The number of nitrogens with one attached hydrogen (secondary N) is 1. The van der Waals surface area contributed by atoms with Crippen LogP contribution in [-0.4, -0.2) is 59.6 Å². The molecule has 0 saturated carbocycles. The molecule has 1 N–H and O–H groups in total. The van der Waals surface area contributed by atoms with Crippen LogP contribution in [0.15, 0.2) is 43.0 Å². The van der Waals surface area contributed by atoms with Crippen molar-refractivity contribution >= 4 is 44.5 Å². The summed E-state index contributed by atoms with van der Waals surface area (Å²) in [4.78, 5) is 51.8. The predicted molar refractivity (Wildman–Crippen MR) is 119 cm³/mol. The van der Waals surface area contributed by atoms with E-state index in [9.17, 15) is 27.6 Å². The third-order valence-electron chi connectivity index (χ3n) is 4.89. The van der Waals surface area contributed by atoms with Gasteiger partial charge < -0.3 is 4.90 Å². The molecule has 0 spiro atoms. The van der Waals surface area contributed by atoms with Crippen LogP contribution in [0.5, 0.6) is 0 Å². The van der Waals surface area contributed by atoms with Crippen molar-refractivity contribution in [3.8, 4) is 0 Å². The summed E-state index contributed by atoms with van der Waals surface area (Å²) in [6.45, 7) is 6.48. The van der Waals surface area contributed by atoms with Gasteiger partial charge in [-0.2, -0.15) is 0 Å². The summed E-state index contributed by atoms with van der Waals surface area (Å²) in [5.41, 5.74) is 0.382. The molecule has 1 saturated heterocycles. The van der Waals surface area contributed by atoms with Gasteiger partial charge in [-0.25, -0.2) is 8.42 Å². The molecular formula is C21H26N2O6S2. The minimum atomic E-state index is -3.88. The quantitative estimate of drug-likeness (QED) is 0.435. The number of hydrogen-bond acceptors (Lipinski definition) is 7. The highest BCUT2D eigenvalue weighted by atomic mass is 32.2. The maximum absolute atomic E-state index is 13.2. The third-order valence-corrected chi connectivity index (χ3v) is 7.28. The van der Waals surface area contributed by atoms with Gasteiger partial charge >= 0.3 is 0 Å². The zero-order chi connectivity index (χ0) is 23.2. The molecule has 2 amide bonds. The fraction of sp³-hybridized carbons (Fsp3) is 0.429. The molecule has 2 unspecified atom stereocenters. The number of Topliss-reactive ketones (excluding diaryl/α,β-unsaturated/α-hetero) is 1. The van der Waals surface area contributed by atoms with E-state index >= 15 is 0 Å². The van der Waals surface area contributed by atoms with E-state index in [1.807, 2.05) is 4.72 Å². The van der Waals surface area contributed by atoms with Crippen LogP contribution in [0.4, 0.5) is 0 Å². The highest BCUT2D eigenvalue weighted by Crippen LogP contribution is 2.29. The molecule has 8 nitrogen and oxygen atoms in total. The smallest absolute Gasteiger partial charge is 0.256 e. The van der Waals surface area contributed by atoms with Crippen molar-refractivity contribution in [1.29, 1.82) is 0 Å². The van der Waals surface area contributed by atoms with Gasteiger partial charge in [0.1, 0.15) is 6.04 Å². The number of nitrogens with zero attached hydrogens (tertiary/aromatic N) is 1. The van der Waals surface area contributed by atoms with Crippen LogP contribution in [0.2, 0.25) is 0 Å². The Kier molecular flexibility index (Phi) is 8.58. The number of rotatable bonds is 9. The van der Waals surface area contributed by atoms with E-state index in [-0.39, 0.29) is 17.4 Å². The lowest BCUT2D eigenvalue weighted by atomic mass is 9.97. The molecule has 1 heterocycles. The topological polar surface area (TPSA) is 118 Å². The number of benzene rings is 1. The first-order valence-electron chi connectivity index (χ1n) is 9.79. The molecule has 0 aliphatic carbocycles. The molecule has 1 aliphatic heterocycles. The lowest BCUT2D eigenvalue weighted by molar-refractivity contribution is -0.140. The fourth-order valence-corrected chi connectivity index (χ4v) is 5.20. The van der Waals surface area contributed by atoms with Crippen LogP contribution in [0.3, 0.4) is 0 Å². The van der Waals surface area contributed by atoms with Crippen molar-refractivity contribution in [3.63, 3.8) is 0 Å². The van der Waals surface area contributed by atoms with Crippen molar-refractivity contribution < 1.29 is 27.6 Å². The fourth-order valence-electron chi connectivity index (χ4n) is 3.44. The SMILES string of the molecule is C=CCS(=O)(=O)NC(=O)C1CCCN1C(=O)[C@H](C)C(SC(C)=O)C(=O)c1ccccc1. The number of sulfonamides is 1. The van der Waals surface area contributed by atoms with Gasteiger partial charge in [0.25, 0.3) is 5.91 Å². The maximum atomic E-state index is 13.2. The Labute approximate surface area is 186 Å². The highest BCUT2D eigenvalue weighted by Gasteiger charge is 2.41. The second-order valence-corrected chi connectivity index (χ2v) is 10.4. The highest BCUT2D eigenvalue weighted by molar-refractivity contribution is 8.14. The molecule has 31 heavy (non-hydrogen) atoms. The van der Waals surface area contributed by atoms with Gasteiger partial charge in [-0.15, -0.1) is 6.58 Å². The number of carbonyl (C=O) groups is 4. The Morgan fingerprint density at radius 3 is 2.48 bits per heavy atom. The van der Waals surface area contributed by atoms with Crippen LogP contribution in [0, 0.1) is 5.92 Å². The molecule has 1 aromatic carbocycles. The second-order valence-electron chi connectivity index (χ2n) is 7.28. The van der Waals surface area contributed by atoms with Gasteiger partial charge in [0.15, 0.2) is 10.9 Å². The summed E-state index contributed by atoms with van der Waals surface area (Å²) in [6, 6.07) is 7.42. The monoisotopic (exact) mass is 466 g/mol. The molecule has 3 atom stereocenters. The van der Waals surface area contributed by atoms with Gasteiger partial charge in [0, 0.05) is 19.0 Å². The number of amides is 2. The van der Waals surface area contributed by atoms with Gasteiger partial charge in [-0.3, -0.25) is 23.9 Å². The largest absolute Gasteiger partial charge is 0.330 e. The van der Waals surface area contributed by atoms with Gasteiger partial charge in [0.05, 0.1) is 16.9 Å². The summed E-state index contributed by atoms with van der Waals surface area (Å²) < 4.78 is 25.8. The van der Waals surface area contributed by atoms with E-state index in [0.717, 1.165) is 17.8 Å². The van der Waals surface area contributed by atoms with Crippen molar-refractivity contribution in [3.05, 3.63) is 48.6 Å². The Morgan fingerprint density at radius 1 is 1.26 bits per heavy atom. The molecule has 1 aromatic rings. The maximum Gasteiger partial charge on any atom is 0.256 e. The van der Waals surface area contributed by atoms with E-state index in [2.05, 4.69) is 6.58 Å². The van der Waals surface area contributed by atoms with E-state index < -0.39 is 44.8 Å². The Hall–Kier alpha value is -2.46. The van der Waals surface area contributed by atoms with Crippen molar-refractivity contribution in [2.75, 3.05) is 12.3 Å². The number of hydrogen-bond donors (Lipinski definition) is 1. The molecule has 1 fully saturated rings. The minimum Gasteiger partial charge on any atom is -0.330 e. The van der Waals surface area contributed by atoms with Crippen LogP contribution >= 0.6 is 11.8 Å². The molecule has 2 rings (SSSR count). The zero-order valence-electron chi connectivity index (χ0n) is 17.4. The lowest BCUT2D eigenvalue weighted by Crippen LogP contribution is -2.50. The number of likely N-dealkylation sites (tertiary alicyclic amines) is 1. The molecule has 1 aliphatic rings. The standard InChI is InChI=1S/C21H26N2O6S2/c1-4-13-31(28,29)22-20(26)17-11-8-12-23(17)21(27)14(2)19(30-15(3)24)18(25)16-9-6-5-7-10-16/h4-7,9-10,14,17,19H,1,8,11-13H2,2-3H3,(H,22,26)/t14-,17?,19?/m1/s1. The summed E-state index contributed by atoms with van der Waals surface area (Å²) in [5, 5.41) is -1.26. The summed E-state index contributed by atoms with van der Waals surface area (Å²) in [7, 11) is -3.88. The van der Waals surface area contributed by atoms with E-state index in [4.69, 9.17) is 0 Å². The number of carbonyl (C=O) groups excluding carboxylic acids is 4. The molecule has 0 bridgehead atoms. The molecule has 10 heteroatoms. The van der Waals surface area contributed by atoms with Crippen LogP contribution in [0.25, 0.3) is 0 Å². The Morgan fingerprint density at radius 2 is 1.90 bits per heavy atom. The normalized spacial score (nSPS) is 18.1. The summed E-state index contributed by atoms with van der Waals surface area (Å²) in [5.74, 6) is -2.92. The average molecular weight is 467 g/mol. The van der Waals surface area contributed by atoms with Crippen LogP contribution in [0.1, 0.15) is 37.0 Å². The average Bonchev–Trinajstić information content (AvgIpc) is 3.20. The van der Waals surface area contributed by atoms with Gasteiger partial charge in [-0.1, -0.05) is 55.1 Å². The lowest BCUT2D eigenvalue weighted by Gasteiger charge is -2.29. The summed E-state index contributed by atoms with van der Waals surface area (Å²) >= 11 is 0.781. The zero-order valence-corrected chi connectivity index (χ0v) is 19.1. The Balaban J connectivity index is 2.22. The third kappa shape index (κ3) is 6.51. The second kappa shape index (κ2) is 10.7. The van der Waals surface area contributed by atoms with E-state index in [1.165, 1.54) is 11.8 Å². The van der Waals surface area contributed by atoms with Crippen molar-refractivity contribution in [1.82, 2.24) is 9.62 Å². The van der Waals surface area contributed by atoms with Gasteiger partial charge in [0.2, 0.25) is 15.9 Å². The number of ketones is 1. The van der Waals surface area contributed by atoms with Gasteiger partial charge in [-0.05, 0) is 12.8 Å².